The third-order valence-corrected chi connectivity index (χ3v) is 4.37. The van der Waals surface area contributed by atoms with Crippen LogP contribution < -0.4 is 5.32 Å². The highest BCUT2D eigenvalue weighted by atomic mass is 35.5. The number of nitrogens with zero attached hydrogens (tertiary/aromatic N) is 1. The molecule has 2 rings (SSSR count). The van der Waals surface area contributed by atoms with Crippen LogP contribution in [0.2, 0.25) is 10.0 Å². The molecule has 2 N–H and O–H groups in total. The van der Waals surface area contributed by atoms with Gasteiger partial charge < -0.3 is 10.4 Å². The second-order valence-corrected chi connectivity index (χ2v) is 5.89. The van der Waals surface area contributed by atoms with Crippen molar-refractivity contribution < 1.29 is 5.11 Å². The lowest BCUT2D eigenvalue weighted by Gasteiger charge is -2.14. The minimum absolute atomic E-state index is 0.0482. The van der Waals surface area contributed by atoms with Gasteiger partial charge in [-0.2, -0.15) is 0 Å². The van der Waals surface area contributed by atoms with Gasteiger partial charge in [-0.25, -0.2) is 0 Å². The van der Waals surface area contributed by atoms with Gasteiger partial charge in [-0.15, -0.1) is 0 Å². The molecule has 0 spiro atoms. The lowest BCUT2D eigenvalue weighted by molar-refractivity contribution is 0.227. The van der Waals surface area contributed by atoms with E-state index in [0.29, 0.717) is 10.0 Å². The number of aliphatic hydroxyl groups is 1. The normalized spacial score (nSPS) is 23.6. The molecule has 1 atom stereocenters. The van der Waals surface area contributed by atoms with Crippen LogP contribution >= 0.6 is 35.0 Å². The standard InChI is InChI=1S/C11H12Cl2N2OS/c1-11(5-16)6-17-10(15-11)14-7-2-3-8(12)9(13)4-7/h2-4,16H,5-6H2,1H3,(H,14,15). The van der Waals surface area contributed by atoms with E-state index in [9.17, 15) is 5.11 Å². The van der Waals surface area contributed by atoms with Gasteiger partial charge in [0.25, 0.3) is 0 Å². The fourth-order valence-corrected chi connectivity index (χ4v) is 2.75. The Labute approximate surface area is 114 Å². The Kier molecular flexibility index (Phi) is 3.88. The van der Waals surface area contributed by atoms with Gasteiger partial charge in [-0.05, 0) is 25.1 Å². The van der Waals surface area contributed by atoms with E-state index in [4.69, 9.17) is 23.2 Å². The number of rotatable bonds is 2. The van der Waals surface area contributed by atoms with Crippen LogP contribution in [0.1, 0.15) is 6.92 Å². The summed E-state index contributed by atoms with van der Waals surface area (Å²) in [6.07, 6.45) is 0. The molecular formula is C11H12Cl2N2OS. The number of benzene rings is 1. The Morgan fingerprint density at radius 2 is 2.24 bits per heavy atom. The van der Waals surface area contributed by atoms with Crippen LogP contribution in [0.4, 0.5) is 5.69 Å². The summed E-state index contributed by atoms with van der Waals surface area (Å²) in [6, 6.07) is 5.32. The Bertz CT molecular complexity index is 467. The molecule has 1 unspecified atom stereocenters. The van der Waals surface area contributed by atoms with Crippen LogP contribution in [-0.2, 0) is 0 Å². The maximum Gasteiger partial charge on any atom is 0.161 e. The summed E-state index contributed by atoms with van der Waals surface area (Å²) in [4.78, 5) is 4.43. The molecule has 0 saturated heterocycles. The van der Waals surface area contributed by atoms with Crippen molar-refractivity contribution in [3.05, 3.63) is 28.2 Å². The number of thioether (sulfide) groups is 1. The van der Waals surface area contributed by atoms with E-state index in [2.05, 4.69) is 10.3 Å². The molecule has 1 heterocycles. The van der Waals surface area contributed by atoms with Gasteiger partial charge in [0.2, 0.25) is 0 Å². The number of amidine groups is 1. The summed E-state index contributed by atoms with van der Waals surface area (Å²) in [5.74, 6) is 0.771. The Morgan fingerprint density at radius 3 is 2.82 bits per heavy atom. The Hall–Kier alpha value is -0.420. The summed E-state index contributed by atoms with van der Waals surface area (Å²) in [5.41, 5.74) is 0.455. The van der Waals surface area contributed by atoms with Crippen molar-refractivity contribution in [1.82, 2.24) is 0 Å². The highest BCUT2D eigenvalue weighted by Crippen LogP contribution is 2.30. The zero-order valence-corrected chi connectivity index (χ0v) is 11.5. The quantitative estimate of drug-likeness (QED) is 0.879. The molecule has 6 heteroatoms. The van der Waals surface area contributed by atoms with Gasteiger partial charge in [0.1, 0.15) is 0 Å². The first-order valence-electron chi connectivity index (χ1n) is 5.08. The monoisotopic (exact) mass is 290 g/mol. The lowest BCUT2D eigenvalue weighted by Crippen LogP contribution is -2.26. The molecule has 92 valence electrons. The van der Waals surface area contributed by atoms with Gasteiger partial charge in [-0.3, -0.25) is 4.99 Å². The molecule has 3 nitrogen and oxygen atoms in total. The van der Waals surface area contributed by atoms with Crippen LogP contribution in [0.15, 0.2) is 23.2 Å². The fraction of sp³-hybridized carbons (Fsp3) is 0.364. The second-order valence-electron chi connectivity index (χ2n) is 4.11. The first-order valence-corrected chi connectivity index (χ1v) is 6.82. The Morgan fingerprint density at radius 1 is 1.47 bits per heavy atom. The first-order chi connectivity index (χ1) is 8.02. The third kappa shape index (κ3) is 3.07. The first kappa shape index (κ1) is 13.0. The molecule has 0 saturated carbocycles. The van der Waals surface area contributed by atoms with E-state index in [-0.39, 0.29) is 12.1 Å². The Balaban J connectivity index is 2.12. The molecule has 1 aliphatic rings. The van der Waals surface area contributed by atoms with E-state index < -0.39 is 0 Å². The molecule has 0 amide bonds. The summed E-state index contributed by atoms with van der Waals surface area (Å²) >= 11 is 13.3. The minimum Gasteiger partial charge on any atom is -0.394 e. The maximum atomic E-state index is 9.20. The van der Waals surface area contributed by atoms with Crippen molar-refractivity contribution in [2.75, 3.05) is 17.7 Å². The van der Waals surface area contributed by atoms with Gasteiger partial charge >= 0.3 is 0 Å². The van der Waals surface area contributed by atoms with Crippen LogP contribution in [-0.4, -0.2) is 28.2 Å². The molecule has 1 aromatic carbocycles. The molecule has 1 aliphatic heterocycles. The van der Waals surface area contributed by atoms with Crippen molar-refractivity contribution >= 4 is 45.8 Å². The average molecular weight is 291 g/mol. The molecule has 0 bridgehead atoms. The summed E-state index contributed by atoms with van der Waals surface area (Å²) in [6.45, 7) is 1.97. The van der Waals surface area contributed by atoms with Crippen LogP contribution in [0.3, 0.4) is 0 Å². The van der Waals surface area contributed by atoms with Crippen molar-refractivity contribution in [3.8, 4) is 0 Å². The molecule has 17 heavy (non-hydrogen) atoms. The van der Waals surface area contributed by atoms with Gasteiger partial charge in [-0.1, -0.05) is 35.0 Å². The molecule has 0 aromatic heterocycles. The summed E-state index contributed by atoms with van der Waals surface area (Å²) in [7, 11) is 0. The van der Waals surface area contributed by atoms with E-state index in [1.54, 1.807) is 23.9 Å². The largest absolute Gasteiger partial charge is 0.394 e. The molecule has 1 aromatic rings. The van der Waals surface area contributed by atoms with Gasteiger partial charge in [0.05, 0.1) is 22.2 Å². The predicted octanol–water partition coefficient (Wildman–Crippen LogP) is 3.26. The van der Waals surface area contributed by atoms with Crippen molar-refractivity contribution in [2.45, 2.75) is 12.5 Å². The van der Waals surface area contributed by atoms with Crippen LogP contribution in [0.5, 0.6) is 0 Å². The van der Waals surface area contributed by atoms with Crippen molar-refractivity contribution in [2.24, 2.45) is 4.99 Å². The SMILES string of the molecule is CC1(CO)CSC(Nc2ccc(Cl)c(Cl)c2)=N1. The van der Waals surface area contributed by atoms with Crippen molar-refractivity contribution in [1.29, 1.82) is 0 Å². The van der Waals surface area contributed by atoms with Crippen molar-refractivity contribution in [3.63, 3.8) is 0 Å². The fourth-order valence-electron chi connectivity index (χ4n) is 1.38. The van der Waals surface area contributed by atoms with Crippen LogP contribution in [0, 0.1) is 0 Å². The molecular weight excluding hydrogens is 279 g/mol. The van der Waals surface area contributed by atoms with E-state index in [1.807, 2.05) is 13.0 Å². The number of aliphatic hydroxyl groups excluding tert-OH is 1. The highest BCUT2D eigenvalue weighted by molar-refractivity contribution is 8.14. The zero-order valence-electron chi connectivity index (χ0n) is 9.20. The predicted molar refractivity (Wildman–Crippen MR) is 75.5 cm³/mol. The molecule has 0 fully saturated rings. The average Bonchev–Trinajstić information content (AvgIpc) is 2.67. The smallest absolute Gasteiger partial charge is 0.161 e. The number of hydrogen-bond donors (Lipinski definition) is 2. The number of anilines is 1. The number of halogens is 2. The van der Waals surface area contributed by atoms with Crippen LogP contribution in [0.25, 0.3) is 0 Å². The molecule has 0 aliphatic carbocycles. The van der Waals surface area contributed by atoms with Gasteiger partial charge in [0.15, 0.2) is 5.17 Å². The summed E-state index contributed by atoms with van der Waals surface area (Å²) in [5, 5.41) is 14.2. The summed E-state index contributed by atoms with van der Waals surface area (Å²) < 4.78 is 0. The highest BCUT2D eigenvalue weighted by Gasteiger charge is 2.29. The second kappa shape index (κ2) is 5.06. The minimum atomic E-state index is -0.386. The topological polar surface area (TPSA) is 44.6 Å². The molecule has 0 radical (unpaired) electrons. The van der Waals surface area contributed by atoms with E-state index in [0.717, 1.165) is 16.6 Å². The zero-order chi connectivity index (χ0) is 12.5. The van der Waals surface area contributed by atoms with Gasteiger partial charge in [0, 0.05) is 11.4 Å². The number of hydrogen-bond acceptors (Lipinski definition) is 4. The number of nitrogens with one attached hydrogen (secondary N) is 1. The lowest BCUT2D eigenvalue weighted by atomic mass is 10.1. The maximum absolute atomic E-state index is 9.20. The number of aliphatic imine (C=N–C) groups is 1. The third-order valence-electron chi connectivity index (χ3n) is 2.40. The van der Waals surface area contributed by atoms with E-state index in [1.165, 1.54) is 0 Å². The van der Waals surface area contributed by atoms with E-state index >= 15 is 0 Å².